The van der Waals surface area contributed by atoms with Crippen LogP contribution in [0.3, 0.4) is 0 Å². The summed E-state index contributed by atoms with van der Waals surface area (Å²) in [6, 6.07) is 30.8. The molecule has 1 aromatic carbocycles. The topological polar surface area (TPSA) is 99.6 Å². The minimum atomic E-state index is 0.139. The van der Waals surface area contributed by atoms with Gasteiger partial charge in [-0.3, -0.25) is 34.5 Å². The second kappa shape index (κ2) is 22.9. The Morgan fingerprint density at radius 1 is 0.574 bits per heavy atom. The molecule has 4 heterocycles. The standard InChI is InChI=1S/C44H56N8O2/c1-50(2)26-14-3-4-20-44(53)49-25-13-15-27-54-43-29-37(31-51(33-39-16-5-9-21-45-39)34-40-17-6-10-22-46-40)28-38(30-43)32-52(35-41-18-7-11-23-47-41)36-42-19-8-12-24-48-42/h5-12,16-19,21-24,28-30H,3-4,13-15,20,25-27,31-36H2,1-2H3,(H,49,53). The highest BCUT2D eigenvalue weighted by Gasteiger charge is 2.15. The molecule has 0 saturated heterocycles. The van der Waals surface area contributed by atoms with E-state index in [1.54, 1.807) is 0 Å². The molecule has 0 unspecified atom stereocenters. The fourth-order valence-electron chi connectivity index (χ4n) is 6.35. The number of ether oxygens (including phenoxy) is 1. The largest absolute Gasteiger partial charge is 0.494 e. The summed E-state index contributed by atoms with van der Waals surface area (Å²) in [5.41, 5.74) is 6.35. The van der Waals surface area contributed by atoms with E-state index in [0.717, 1.165) is 78.3 Å². The Balaban J connectivity index is 1.27. The van der Waals surface area contributed by atoms with Gasteiger partial charge < -0.3 is 15.0 Å². The van der Waals surface area contributed by atoms with Gasteiger partial charge >= 0.3 is 0 Å². The Hall–Kier alpha value is -5.03. The molecule has 0 aliphatic heterocycles. The quantitative estimate of drug-likeness (QED) is 0.0670. The molecule has 10 nitrogen and oxygen atoms in total. The van der Waals surface area contributed by atoms with E-state index >= 15 is 0 Å². The second-order valence-electron chi connectivity index (χ2n) is 14.1. The van der Waals surface area contributed by atoms with E-state index in [-0.39, 0.29) is 5.91 Å². The van der Waals surface area contributed by atoms with Crippen LogP contribution in [0.2, 0.25) is 0 Å². The Morgan fingerprint density at radius 2 is 1.06 bits per heavy atom. The van der Waals surface area contributed by atoms with Crippen LogP contribution < -0.4 is 10.1 Å². The lowest BCUT2D eigenvalue weighted by Crippen LogP contribution is -2.25. The molecule has 0 aliphatic rings. The average Bonchev–Trinajstić information content (AvgIpc) is 3.17. The van der Waals surface area contributed by atoms with Crippen LogP contribution in [0.25, 0.3) is 0 Å². The van der Waals surface area contributed by atoms with E-state index in [0.29, 0.717) is 58.8 Å². The number of rotatable bonds is 24. The summed E-state index contributed by atoms with van der Waals surface area (Å²) >= 11 is 0. The summed E-state index contributed by atoms with van der Waals surface area (Å²) in [7, 11) is 4.17. The molecule has 0 bridgehead atoms. The molecule has 0 atom stereocenters. The van der Waals surface area contributed by atoms with Crippen molar-refractivity contribution in [1.82, 2.24) is 40.0 Å². The molecule has 10 heteroatoms. The number of amides is 1. The van der Waals surface area contributed by atoms with Gasteiger partial charge in [0.15, 0.2) is 0 Å². The van der Waals surface area contributed by atoms with E-state index in [1.165, 1.54) is 0 Å². The molecular formula is C44H56N8O2. The third kappa shape index (κ3) is 15.5. The van der Waals surface area contributed by atoms with E-state index < -0.39 is 0 Å². The third-order valence-corrected chi connectivity index (χ3v) is 8.96. The van der Waals surface area contributed by atoms with E-state index in [4.69, 9.17) is 4.74 Å². The molecule has 284 valence electrons. The lowest BCUT2D eigenvalue weighted by Gasteiger charge is -2.25. The zero-order valence-electron chi connectivity index (χ0n) is 32.0. The summed E-state index contributed by atoms with van der Waals surface area (Å²) in [6.07, 6.45) is 12.8. The number of nitrogens with zero attached hydrogens (tertiary/aromatic N) is 7. The zero-order valence-corrected chi connectivity index (χ0v) is 32.0. The van der Waals surface area contributed by atoms with Crippen LogP contribution in [-0.4, -0.2) is 74.3 Å². The van der Waals surface area contributed by atoms with Gasteiger partial charge in [0.25, 0.3) is 0 Å². The number of unbranched alkanes of at least 4 members (excludes halogenated alkanes) is 3. The molecular weight excluding hydrogens is 673 g/mol. The molecule has 4 aromatic heterocycles. The maximum absolute atomic E-state index is 12.3. The molecule has 1 amide bonds. The molecule has 0 fully saturated rings. The fourth-order valence-corrected chi connectivity index (χ4v) is 6.35. The van der Waals surface area contributed by atoms with Crippen LogP contribution >= 0.6 is 0 Å². The number of nitrogens with one attached hydrogen (secondary N) is 1. The number of pyridine rings is 4. The normalized spacial score (nSPS) is 11.4. The first-order valence-corrected chi connectivity index (χ1v) is 19.2. The number of hydrogen-bond acceptors (Lipinski definition) is 9. The highest BCUT2D eigenvalue weighted by atomic mass is 16.5. The lowest BCUT2D eigenvalue weighted by molar-refractivity contribution is -0.121. The van der Waals surface area contributed by atoms with Gasteiger partial charge in [-0.2, -0.15) is 0 Å². The molecule has 5 rings (SSSR count). The van der Waals surface area contributed by atoms with Crippen LogP contribution in [0.15, 0.2) is 116 Å². The number of carbonyl (C=O) groups is 1. The van der Waals surface area contributed by atoms with Crippen molar-refractivity contribution in [3.63, 3.8) is 0 Å². The van der Waals surface area contributed by atoms with E-state index in [2.05, 4.69) is 96.5 Å². The van der Waals surface area contributed by atoms with Crippen molar-refractivity contribution in [2.45, 2.75) is 77.8 Å². The lowest BCUT2D eigenvalue weighted by atomic mass is 10.1. The SMILES string of the molecule is CN(C)CCCCCC(=O)NCCCCOc1cc(CN(Cc2ccccn2)Cc2ccccn2)cc(CN(Cc2ccccn2)Cc2ccccn2)c1. The number of hydrogen-bond donors (Lipinski definition) is 1. The van der Waals surface area contributed by atoms with Crippen molar-refractivity contribution in [3.8, 4) is 5.75 Å². The first-order valence-electron chi connectivity index (χ1n) is 19.2. The minimum Gasteiger partial charge on any atom is -0.494 e. The van der Waals surface area contributed by atoms with Gasteiger partial charge in [0, 0.05) is 77.0 Å². The van der Waals surface area contributed by atoms with Crippen LogP contribution in [0.1, 0.15) is 72.4 Å². The van der Waals surface area contributed by atoms with Crippen LogP contribution in [0.4, 0.5) is 0 Å². The maximum atomic E-state index is 12.3. The van der Waals surface area contributed by atoms with Crippen molar-refractivity contribution in [3.05, 3.63) is 150 Å². The third-order valence-electron chi connectivity index (χ3n) is 8.96. The molecule has 0 saturated carbocycles. The highest BCUT2D eigenvalue weighted by Crippen LogP contribution is 2.23. The number of aromatic nitrogens is 4. The second-order valence-corrected chi connectivity index (χ2v) is 14.1. The number of carbonyl (C=O) groups excluding carboxylic acids is 1. The molecule has 0 aliphatic carbocycles. The van der Waals surface area contributed by atoms with Crippen LogP contribution in [-0.2, 0) is 44.1 Å². The van der Waals surface area contributed by atoms with E-state index in [1.807, 2.05) is 73.3 Å². The van der Waals surface area contributed by atoms with Crippen LogP contribution in [0.5, 0.6) is 5.75 Å². The van der Waals surface area contributed by atoms with Gasteiger partial charge in [-0.15, -0.1) is 0 Å². The average molecular weight is 729 g/mol. The first kappa shape index (κ1) is 40.2. The van der Waals surface area contributed by atoms with Crippen LogP contribution in [0, 0.1) is 0 Å². The Labute approximate surface area is 321 Å². The summed E-state index contributed by atoms with van der Waals surface area (Å²) in [4.78, 5) is 37.8. The molecule has 5 aromatic rings. The predicted molar refractivity (Wildman–Crippen MR) is 214 cm³/mol. The monoisotopic (exact) mass is 728 g/mol. The summed E-state index contributed by atoms with van der Waals surface area (Å²) in [6.45, 7) is 6.43. The van der Waals surface area contributed by atoms with Crippen molar-refractivity contribution in [2.24, 2.45) is 0 Å². The van der Waals surface area contributed by atoms with Gasteiger partial charge in [-0.1, -0.05) is 36.8 Å². The van der Waals surface area contributed by atoms with E-state index in [9.17, 15) is 4.79 Å². The van der Waals surface area contributed by atoms with Gasteiger partial charge in [-0.05, 0) is 118 Å². The van der Waals surface area contributed by atoms with Gasteiger partial charge in [-0.25, -0.2) is 0 Å². The van der Waals surface area contributed by atoms with Gasteiger partial charge in [0.1, 0.15) is 5.75 Å². The van der Waals surface area contributed by atoms with Crippen molar-refractivity contribution >= 4 is 5.91 Å². The zero-order chi connectivity index (χ0) is 37.6. The Kier molecular flexibility index (Phi) is 17.0. The predicted octanol–water partition coefficient (Wildman–Crippen LogP) is 7.07. The maximum Gasteiger partial charge on any atom is 0.219 e. The number of benzene rings is 1. The minimum absolute atomic E-state index is 0.139. The fraction of sp³-hybridized carbons (Fsp3) is 0.386. The molecule has 0 radical (unpaired) electrons. The highest BCUT2D eigenvalue weighted by molar-refractivity contribution is 5.75. The smallest absolute Gasteiger partial charge is 0.219 e. The molecule has 0 spiro atoms. The summed E-state index contributed by atoms with van der Waals surface area (Å²) in [5, 5.41) is 3.09. The first-order chi connectivity index (χ1) is 26.5. The Morgan fingerprint density at radius 3 is 1.48 bits per heavy atom. The van der Waals surface area contributed by atoms with Crippen molar-refractivity contribution < 1.29 is 9.53 Å². The van der Waals surface area contributed by atoms with Gasteiger partial charge in [0.05, 0.1) is 29.4 Å². The summed E-state index contributed by atoms with van der Waals surface area (Å²) in [5.74, 6) is 0.982. The summed E-state index contributed by atoms with van der Waals surface area (Å²) < 4.78 is 6.44. The Bertz CT molecular complexity index is 1570. The molecule has 1 N–H and O–H groups in total. The van der Waals surface area contributed by atoms with Crippen molar-refractivity contribution in [1.29, 1.82) is 0 Å². The van der Waals surface area contributed by atoms with Gasteiger partial charge in [0.2, 0.25) is 5.91 Å². The molecule has 54 heavy (non-hydrogen) atoms. The van der Waals surface area contributed by atoms with Crippen molar-refractivity contribution in [2.75, 3.05) is 33.8 Å².